The molecule has 37 heavy (non-hydrogen) atoms. The predicted octanol–water partition coefficient (Wildman–Crippen LogP) is 4.36. The molecule has 1 amide bonds. The van der Waals surface area contributed by atoms with Gasteiger partial charge in [-0.3, -0.25) is 4.79 Å². The quantitative estimate of drug-likeness (QED) is 0.379. The average molecular weight is 516 g/mol. The minimum atomic E-state index is -2.61. The third-order valence-electron chi connectivity index (χ3n) is 6.97. The monoisotopic (exact) mass is 515 g/mol. The molecule has 0 spiro atoms. The van der Waals surface area contributed by atoms with Crippen molar-refractivity contribution in [2.24, 2.45) is 5.41 Å². The normalized spacial score (nSPS) is 19.4. The summed E-state index contributed by atoms with van der Waals surface area (Å²) < 4.78 is 48.2. The summed E-state index contributed by atoms with van der Waals surface area (Å²) in [6.07, 6.45) is 0.344. The number of halogens is 3. The minimum absolute atomic E-state index is 0.0281. The lowest BCUT2D eigenvalue weighted by molar-refractivity contribution is -0.143. The van der Waals surface area contributed by atoms with Crippen LogP contribution in [-0.4, -0.2) is 69.0 Å². The first-order chi connectivity index (χ1) is 17.5. The number of H-pyrrole nitrogens is 1. The van der Waals surface area contributed by atoms with Gasteiger partial charge in [0.15, 0.2) is 5.82 Å². The lowest BCUT2D eigenvalue weighted by Gasteiger charge is -2.45. The summed E-state index contributed by atoms with van der Waals surface area (Å²) in [7, 11) is 4.97. The van der Waals surface area contributed by atoms with Crippen LogP contribution in [-0.2, 0) is 11.3 Å². The van der Waals surface area contributed by atoms with Gasteiger partial charge in [-0.15, -0.1) is 0 Å². The standard InChI is InChI=1S/C25H28F3N7O2/c1-12-30-20-16(26)6-13(7-17(20)35(12)11-18(27)28)15-10-29-21-19(15)22(37-5)33-24(32-21)31-14-8-25(2,9-14)23(36)34(3)4/h6-7,10,14,18H,8-9,11H2,1-5H3,(H2,29,31,32,33). The molecular weight excluding hydrogens is 487 g/mol. The van der Waals surface area contributed by atoms with Crippen LogP contribution in [0.15, 0.2) is 18.3 Å². The van der Waals surface area contributed by atoms with Gasteiger partial charge in [0, 0.05) is 31.9 Å². The zero-order valence-corrected chi connectivity index (χ0v) is 21.2. The Balaban J connectivity index is 1.49. The fourth-order valence-electron chi connectivity index (χ4n) is 5.29. The molecule has 1 aromatic carbocycles. The van der Waals surface area contributed by atoms with Crippen LogP contribution in [0.2, 0.25) is 0 Å². The third-order valence-corrected chi connectivity index (χ3v) is 6.97. The van der Waals surface area contributed by atoms with E-state index in [1.807, 2.05) is 6.92 Å². The number of carbonyl (C=O) groups excluding carboxylic acids is 1. The number of nitrogens with one attached hydrogen (secondary N) is 2. The molecule has 0 bridgehead atoms. The van der Waals surface area contributed by atoms with Gasteiger partial charge in [-0.1, -0.05) is 6.92 Å². The van der Waals surface area contributed by atoms with Gasteiger partial charge in [0.2, 0.25) is 17.7 Å². The molecule has 12 heteroatoms. The molecule has 3 heterocycles. The molecule has 1 fully saturated rings. The van der Waals surface area contributed by atoms with Gasteiger partial charge < -0.3 is 24.5 Å². The second-order valence-corrected chi connectivity index (χ2v) is 9.98. The van der Waals surface area contributed by atoms with Crippen molar-refractivity contribution in [1.82, 2.24) is 29.4 Å². The van der Waals surface area contributed by atoms with E-state index in [2.05, 4.69) is 25.3 Å². The highest BCUT2D eigenvalue weighted by molar-refractivity contribution is 5.99. The molecule has 1 aliphatic carbocycles. The molecule has 0 aliphatic heterocycles. The molecule has 196 valence electrons. The Labute approximate surface area is 211 Å². The molecule has 2 N–H and O–H groups in total. The van der Waals surface area contributed by atoms with Gasteiger partial charge in [0.25, 0.3) is 6.43 Å². The molecule has 0 atom stereocenters. The van der Waals surface area contributed by atoms with Crippen LogP contribution in [0.3, 0.4) is 0 Å². The number of imidazole rings is 1. The number of rotatable bonds is 7. The lowest BCUT2D eigenvalue weighted by atomic mass is 9.66. The van der Waals surface area contributed by atoms with E-state index in [0.29, 0.717) is 46.8 Å². The Morgan fingerprint density at radius 3 is 2.68 bits per heavy atom. The largest absolute Gasteiger partial charge is 0.480 e. The number of carbonyl (C=O) groups is 1. The first kappa shape index (κ1) is 24.8. The number of nitrogens with zero attached hydrogens (tertiary/aromatic N) is 5. The van der Waals surface area contributed by atoms with Crippen LogP contribution < -0.4 is 10.1 Å². The molecule has 1 saturated carbocycles. The fraction of sp³-hybridized carbons (Fsp3) is 0.440. The number of alkyl halides is 2. The highest BCUT2D eigenvalue weighted by Gasteiger charge is 2.47. The Bertz CT molecular complexity index is 1510. The predicted molar refractivity (Wildman–Crippen MR) is 133 cm³/mol. The maximum atomic E-state index is 15.0. The number of hydrogen-bond donors (Lipinski definition) is 2. The van der Waals surface area contributed by atoms with Crippen molar-refractivity contribution in [3.05, 3.63) is 30.0 Å². The number of benzene rings is 1. The number of methoxy groups -OCH3 is 1. The van der Waals surface area contributed by atoms with Crippen molar-refractivity contribution in [3.8, 4) is 17.0 Å². The highest BCUT2D eigenvalue weighted by atomic mass is 19.3. The second kappa shape index (κ2) is 8.93. The second-order valence-electron chi connectivity index (χ2n) is 9.98. The van der Waals surface area contributed by atoms with Gasteiger partial charge in [-0.2, -0.15) is 9.97 Å². The molecule has 1 aliphatic rings. The molecule has 4 aromatic rings. The Morgan fingerprint density at radius 1 is 1.30 bits per heavy atom. The lowest BCUT2D eigenvalue weighted by Crippen LogP contribution is -2.52. The van der Waals surface area contributed by atoms with Gasteiger partial charge in [-0.25, -0.2) is 18.2 Å². The van der Waals surface area contributed by atoms with Crippen molar-refractivity contribution < 1.29 is 22.7 Å². The first-order valence-corrected chi connectivity index (χ1v) is 11.9. The van der Waals surface area contributed by atoms with Crippen molar-refractivity contribution >= 4 is 33.9 Å². The number of aromatic amines is 1. The van der Waals surface area contributed by atoms with Crippen molar-refractivity contribution in [3.63, 3.8) is 0 Å². The van der Waals surface area contributed by atoms with Crippen LogP contribution in [0.1, 0.15) is 25.6 Å². The zero-order valence-electron chi connectivity index (χ0n) is 21.2. The van der Waals surface area contributed by atoms with Gasteiger partial charge in [-0.05, 0) is 37.5 Å². The van der Waals surface area contributed by atoms with E-state index in [4.69, 9.17) is 4.74 Å². The summed E-state index contributed by atoms with van der Waals surface area (Å²) in [5.41, 5.74) is 1.37. The minimum Gasteiger partial charge on any atom is -0.480 e. The molecule has 5 rings (SSSR count). The number of anilines is 1. The summed E-state index contributed by atoms with van der Waals surface area (Å²) in [6, 6.07) is 2.97. The van der Waals surface area contributed by atoms with E-state index < -0.39 is 24.2 Å². The van der Waals surface area contributed by atoms with Crippen LogP contribution in [0.25, 0.3) is 33.2 Å². The van der Waals surface area contributed by atoms with Gasteiger partial charge >= 0.3 is 0 Å². The van der Waals surface area contributed by atoms with Crippen LogP contribution in [0.4, 0.5) is 19.1 Å². The molecular formula is C25H28F3N7O2. The van der Waals surface area contributed by atoms with E-state index in [1.54, 1.807) is 38.2 Å². The van der Waals surface area contributed by atoms with Crippen LogP contribution >= 0.6 is 0 Å². The number of hydrogen-bond acceptors (Lipinski definition) is 6. The van der Waals surface area contributed by atoms with Crippen molar-refractivity contribution in [2.45, 2.75) is 45.7 Å². The summed E-state index contributed by atoms with van der Waals surface area (Å²) >= 11 is 0. The van der Waals surface area contributed by atoms with Crippen molar-refractivity contribution in [2.75, 3.05) is 26.5 Å². The van der Waals surface area contributed by atoms with E-state index in [0.717, 1.165) is 0 Å². The smallest absolute Gasteiger partial charge is 0.256 e. The summed E-state index contributed by atoms with van der Waals surface area (Å²) in [5, 5.41) is 3.80. The maximum Gasteiger partial charge on any atom is 0.256 e. The average Bonchev–Trinajstić information content (AvgIpc) is 3.38. The third kappa shape index (κ3) is 4.23. The highest BCUT2D eigenvalue weighted by Crippen LogP contribution is 2.43. The number of fused-ring (bicyclic) bond motifs is 2. The molecule has 0 saturated heterocycles. The Morgan fingerprint density at radius 2 is 2.03 bits per heavy atom. The molecule has 9 nitrogen and oxygen atoms in total. The van der Waals surface area contributed by atoms with E-state index in [-0.39, 0.29) is 28.9 Å². The summed E-state index contributed by atoms with van der Waals surface area (Å²) in [5.74, 6) is 0.392. The van der Waals surface area contributed by atoms with Crippen molar-refractivity contribution in [1.29, 1.82) is 0 Å². The topological polar surface area (TPSA) is 101 Å². The van der Waals surface area contributed by atoms with E-state index >= 15 is 4.39 Å². The van der Waals surface area contributed by atoms with Gasteiger partial charge in [0.1, 0.15) is 17.0 Å². The number of amides is 1. The van der Waals surface area contributed by atoms with Crippen LogP contribution in [0.5, 0.6) is 5.88 Å². The molecule has 0 unspecified atom stereocenters. The molecule has 3 aromatic heterocycles. The Kier molecular flexibility index (Phi) is 5.99. The van der Waals surface area contributed by atoms with Gasteiger partial charge in [0.05, 0.1) is 30.0 Å². The molecule has 0 radical (unpaired) electrons. The Hall–Kier alpha value is -3.83. The number of ether oxygens (including phenoxy) is 1. The maximum absolute atomic E-state index is 15.0. The number of aryl methyl sites for hydroxylation is 1. The summed E-state index contributed by atoms with van der Waals surface area (Å²) in [4.78, 5) is 30.3. The fourth-order valence-corrected chi connectivity index (χ4v) is 5.29. The summed E-state index contributed by atoms with van der Waals surface area (Å²) in [6.45, 7) is 2.93. The SMILES string of the molecule is COc1nc(NC2CC(C)(C(=O)N(C)C)C2)nc2[nH]cc(-c3cc(F)c4nc(C)n(CC(F)F)c4c3)c12. The van der Waals surface area contributed by atoms with Crippen LogP contribution in [0, 0.1) is 18.2 Å². The number of aromatic nitrogens is 5. The zero-order chi connectivity index (χ0) is 26.6. The van der Waals surface area contributed by atoms with E-state index in [1.165, 1.54) is 17.7 Å². The van der Waals surface area contributed by atoms with E-state index in [9.17, 15) is 13.6 Å². The first-order valence-electron chi connectivity index (χ1n) is 11.9.